The highest BCUT2D eigenvalue weighted by molar-refractivity contribution is 7.45. The van der Waals surface area contributed by atoms with Gasteiger partial charge in [-0.3, -0.25) is 0 Å². The Labute approximate surface area is 55.4 Å². The minimum absolute atomic E-state index is 0.719. The lowest BCUT2D eigenvalue weighted by Crippen LogP contribution is -2.08. The largest absolute Gasteiger partial charge is 0.312 e. The Kier molecular flexibility index (Phi) is 2.01. The van der Waals surface area contributed by atoms with Crippen LogP contribution in [-0.2, 0) is 0 Å². The van der Waals surface area contributed by atoms with Gasteiger partial charge in [-0.25, -0.2) is 0 Å². The Morgan fingerprint density at radius 3 is 2.89 bits per heavy atom. The first kappa shape index (κ1) is 6.49. The zero-order valence-corrected chi connectivity index (χ0v) is 6.42. The number of rotatable bonds is 2. The fourth-order valence-corrected chi connectivity index (χ4v) is 0.884. The number of hydrogen-bond donors (Lipinski definition) is 1. The minimum Gasteiger partial charge on any atom is -0.312 e. The molecule has 0 spiro atoms. The second kappa shape index (κ2) is 2.78. The monoisotopic (exact) mass is 144 g/mol. The first-order valence-corrected chi connectivity index (χ1v) is 4.14. The highest BCUT2D eigenvalue weighted by Crippen LogP contribution is 1.96. The lowest BCUT2D eigenvalue weighted by molar-refractivity contribution is 0.729. The summed E-state index contributed by atoms with van der Waals surface area (Å²) in [6, 6.07) is 0. The van der Waals surface area contributed by atoms with E-state index in [2.05, 4.69) is 22.4 Å². The lowest BCUT2D eigenvalue weighted by Gasteiger charge is -1.91. The molecule has 9 heavy (non-hydrogen) atoms. The number of aromatic nitrogens is 3. The topological polar surface area (TPSA) is 42.7 Å². The number of nitrogens with one attached hydrogen (secondary N) is 1. The van der Waals surface area contributed by atoms with E-state index in [0.717, 1.165) is 14.0 Å². The van der Waals surface area contributed by atoms with Gasteiger partial charge in [0.15, 0.2) is 0 Å². The maximum absolute atomic E-state index is 3.87. The molecular formula is C4H9N4P. The van der Waals surface area contributed by atoms with E-state index in [4.69, 9.17) is 0 Å². The summed E-state index contributed by atoms with van der Waals surface area (Å²) in [4.78, 5) is 1.59. The second-order valence-electron chi connectivity index (χ2n) is 1.52. The van der Waals surface area contributed by atoms with Gasteiger partial charge in [0.2, 0.25) is 0 Å². The fraction of sp³-hybridized carbons (Fsp3) is 0.500. The van der Waals surface area contributed by atoms with E-state index >= 15 is 0 Å². The molecule has 0 aliphatic heterocycles. The molecule has 0 saturated heterocycles. The molecule has 1 atom stereocenters. The van der Waals surface area contributed by atoms with Crippen LogP contribution in [0.4, 0.5) is 0 Å². The molecule has 1 aromatic heterocycles. The molecule has 5 heteroatoms. The van der Waals surface area contributed by atoms with Crippen molar-refractivity contribution in [2.24, 2.45) is 0 Å². The molecule has 0 radical (unpaired) electrons. The van der Waals surface area contributed by atoms with Gasteiger partial charge in [0.1, 0.15) is 5.44 Å². The van der Waals surface area contributed by atoms with Crippen LogP contribution in [0.25, 0.3) is 0 Å². The Hall–Kier alpha value is -0.630. The highest BCUT2D eigenvalue weighted by Gasteiger charge is 1.92. The van der Waals surface area contributed by atoms with Crippen molar-refractivity contribution < 1.29 is 0 Å². The van der Waals surface area contributed by atoms with Crippen molar-refractivity contribution >= 4 is 14.0 Å². The molecule has 1 N–H and O–H groups in total. The van der Waals surface area contributed by atoms with Crippen molar-refractivity contribution in [1.29, 1.82) is 0 Å². The summed E-state index contributed by atoms with van der Waals surface area (Å²) in [7, 11) is 2.52. The molecule has 0 aromatic carbocycles. The molecule has 0 aliphatic carbocycles. The van der Waals surface area contributed by atoms with E-state index in [-0.39, 0.29) is 0 Å². The van der Waals surface area contributed by atoms with E-state index in [9.17, 15) is 0 Å². The predicted octanol–water partition coefficient (Wildman–Crippen LogP) is -0.615. The summed E-state index contributed by atoms with van der Waals surface area (Å²) in [5.74, 6) is 0. The average Bonchev–Trinajstić information content (AvgIpc) is 2.34. The van der Waals surface area contributed by atoms with Gasteiger partial charge in [0.05, 0.1) is 6.20 Å². The standard InChI is InChI=1S/C4H9N4P/c1-5-8-3-4(9-2)6-7-8/h3,5,9H,1-2H3. The molecule has 1 aromatic rings. The highest BCUT2D eigenvalue weighted by atomic mass is 31.1. The molecule has 1 heterocycles. The van der Waals surface area contributed by atoms with Crippen LogP contribution in [-0.4, -0.2) is 28.8 Å². The fourth-order valence-electron chi connectivity index (χ4n) is 0.488. The van der Waals surface area contributed by atoms with Crippen LogP contribution < -0.4 is 10.9 Å². The third-order valence-corrected chi connectivity index (χ3v) is 1.72. The molecule has 0 amide bonds. The van der Waals surface area contributed by atoms with Crippen LogP contribution in [0.15, 0.2) is 6.20 Å². The molecule has 50 valence electrons. The summed E-state index contributed by atoms with van der Waals surface area (Å²) in [6.45, 7) is 2.07. The van der Waals surface area contributed by atoms with Crippen molar-refractivity contribution in [2.75, 3.05) is 19.1 Å². The van der Waals surface area contributed by atoms with Gasteiger partial charge in [0.25, 0.3) is 0 Å². The Morgan fingerprint density at radius 2 is 2.56 bits per heavy atom. The molecule has 4 nitrogen and oxygen atoms in total. The van der Waals surface area contributed by atoms with Crippen LogP contribution in [0.1, 0.15) is 0 Å². The first-order valence-electron chi connectivity index (χ1n) is 2.64. The minimum atomic E-state index is 0.719. The Bertz CT molecular complexity index is 166. The van der Waals surface area contributed by atoms with Gasteiger partial charge in [0, 0.05) is 7.05 Å². The number of hydrogen-bond acceptors (Lipinski definition) is 3. The van der Waals surface area contributed by atoms with E-state index in [1.54, 1.807) is 11.8 Å². The van der Waals surface area contributed by atoms with Crippen molar-refractivity contribution in [1.82, 2.24) is 15.1 Å². The summed E-state index contributed by atoms with van der Waals surface area (Å²) in [5, 5.41) is 7.64. The van der Waals surface area contributed by atoms with Crippen molar-refractivity contribution in [2.45, 2.75) is 0 Å². The third kappa shape index (κ3) is 1.39. The van der Waals surface area contributed by atoms with E-state index in [0.29, 0.717) is 0 Å². The molecule has 0 fully saturated rings. The van der Waals surface area contributed by atoms with E-state index in [1.807, 2.05) is 6.20 Å². The van der Waals surface area contributed by atoms with Crippen LogP contribution in [0.2, 0.25) is 0 Å². The normalized spacial score (nSPS) is 10.9. The van der Waals surface area contributed by atoms with Crippen LogP contribution in [0.5, 0.6) is 0 Å². The Morgan fingerprint density at radius 1 is 1.78 bits per heavy atom. The van der Waals surface area contributed by atoms with Gasteiger partial charge < -0.3 is 5.43 Å². The van der Waals surface area contributed by atoms with Crippen molar-refractivity contribution in [3.8, 4) is 0 Å². The average molecular weight is 144 g/mol. The van der Waals surface area contributed by atoms with E-state index in [1.165, 1.54) is 0 Å². The number of nitrogens with zero attached hydrogens (tertiary/aromatic N) is 3. The second-order valence-corrected chi connectivity index (χ2v) is 2.53. The van der Waals surface area contributed by atoms with Crippen LogP contribution in [0, 0.1) is 0 Å². The van der Waals surface area contributed by atoms with Gasteiger partial charge in [-0.1, -0.05) is 8.58 Å². The quantitative estimate of drug-likeness (QED) is 0.563. The van der Waals surface area contributed by atoms with Crippen molar-refractivity contribution in [3.05, 3.63) is 6.20 Å². The molecule has 0 bridgehead atoms. The lowest BCUT2D eigenvalue weighted by atomic mass is 10.9. The van der Waals surface area contributed by atoms with Gasteiger partial charge in [-0.15, -0.1) is 5.10 Å². The summed E-state index contributed by atoms with van der Waals surface area (Å²) < 4.78 is 0. The zero-order valence-electron chi connectivity index (χ0n) is 5.42. The molecule has 1 rings (SSSR count). The zero-order chi connectivity index (χ0) is 6.69. The first-order chi connectivity index (χ1) is 4.36. The van der Waals surface area contributed by atoms with Gasteiger partial charge in [-0.05, 0) is 11.9 Å². The summed E-state index contributed by atoms with van der Waals surface area (Å²) >= 11 is 0. The molecule has 0 aliphatic rings. The maximum atomic E-state index is 3.87. The Balaban J connectivity index is 2.74. The molecule has 0 saturated carbocycles. The van der Waals surface area contributed by atoms with Crippen molar-refractivity contribution in [3.63, 3.8) is 0 Å². The van der Waals surface area contributed by atoms with Gasteiger partial charge in [-0.2, -0.15) is 4.79 Å². The summed E-state index contributed by atoms with van der Waals surface area (Å²) in [5.41, 5.74) is 3.86. The predicted molar refractivity (Wildman–Crippen MR) is 39.2 cm³/mol. The SMILES string of the molecule is CNn1cc(PC)nn1. The van der Waals surface area contributed by atoms with Crippen LogP contribution in [0.3, 0.4) is 0 Å². The van der Waals surface area contributed by atoms with Gasteiger partial charge >= 0.3 is 0 Å². The smallest absolute Gasteiger partial charge is 0.104 e. The maximum Gasteiger partial charge on any atom is 0.104 e. The third-order valence-electron chi connectivity index (χ3n) is 0.979. The molecular weight excluding hydrogens is 135 g/mol. The molecule has 1 unspecified atom stereocenters. The van der Waals surface area contributed by atoms with Crippen LogP contribution >= 0.6 is 8.58 Å². The summed E-state index contributed by atoms with van der Waals surface area (Å²) in [6.07, 6.45) is 1.87. The van der Waals surface area contributed by atoms with E-state index < -0.39 is 0 Å².